The number of benzene rings is 1. The summed E-state index contributed by atoms with van der Waals surface area (Å²) in [6, 6.07) is 10.1. The van der Waals surface area contributed by atoms with Gasteiger partial charge in [0.15, 0.2) is 5.69 Å². The molecular weight excluding hydrogens is 375 g/mol. The van der Waals surface area contributed by atoms with Crippen molar-refractivity contribution >= 4 is 27.5 Å². The lowest BCUT2D eigenvalue weighted by Crippen LogP contribution is -2.41. The van der Waals surface area contributed by atoms with Crippen molar-refractivity contribution in [2.45, 2.75) is 38.4 Å². The van der Waals surface area contributed by atoms with Gasteiger partial charge in [0.25, 0.3) is 5.91 Å². The first kappa shape index (κ1) is 18.0. The monoisotopic (exact) mass is 393 g/mol. The van der Waals surface area contributed by atoms with Crippen LogP contribution >= 0.6 is 11.3 Å². The molecule has 2 aromatic heterocycles. The number of hydrogen-bond acceptors (Lipinski definition) is 3. The fourth-order valence-electron chi connectivity index (χ4n) is 3.51. The van der Waals surface area contributed by atoms with Crippen molar-refractivity contribution in [1.82, 2.24) is 14.7 Å². The number of amides is 1. The first-order chi connectivity index (χ1) is 12.9. The minimum atomic E-state index is -4.59. The van der Waals surface area contributed by atoms with Crippen LogP contribution in [0, 0.1) is 0 Å². The molecule has 1 aliphatic heterocycles. The second-order valence-corrected chi connectivity index (χ2v) is 7.80. The van der Waals surface area contributed by atoms with E-state index >= 15 is 0 Å². The van der Waals surface area contributed by atoms with Gasteiger partial charge in [-0.3, -0.25) is 4.79 Å². The second kappa shape index (κ2) is 6.67. The maximum atomic E-state index is 13.5. The molecule has 142 valence electrons. The molecule has 0 N–H and O–H groups in total. The van der Waals surface area contributed by atoms with E-state index in [1.807, 2.05) is 6.92 Å². The van der Waals surface area contributed by atoms with E-state index < -0.39 is 11.9 Å². The number of hydrogen-bond donors (Lipinski definition) is 0. The third-order valence-corrected chi connectivity index (χ3v) is 6.00. The molecule has 0 radical (unpaired) electrons. The highest BCUT2D eigenvalue weighted by Gasteiger charge is 2.38. The highest BCUT2D eigenvalue weighted by molar-refractivity contribution is 7.20. The van der Waals surface area contributed by atoms with Crippen LogP contribution in [0.25, 0.3) is 15.9 Å². The molecule has 4 nitrogen and oxygen atoms in total. The lowest BCUT2D eigenvalue weighted by atomic mass is 10.0. The van der Waals surface area contributed by atoms with Crippen LogP contribution < -0.4 is 0 Å². The molecule has 1 atom stereocenters. The summed E-state index contributed by atoms with van der Waals surface area (Å²) in [5.74, 6) is -0.198. The summed E-state index contributed by atoms with van der Waals surface area (Å²) in [6.07, 6.45) is -1.68. The molecule has 0 unspecified atom stereocenters. The Balaban J connectivity index is 1.83. The Morgan fingerprint density at radius 3 is 2.63 bits per heavy atom. The van der Waals surface area contributed by atoms with Gasteiger partial charge in [0.1, 0.15) is 4.83 Å². The molecule has 0 saturated carbocycles. The molecule has 1 saturated heterocycles. The van der Waals surface area contributed by atoms with Crippen LogP contribution in [0.2, 0.25) is 0 Å². The van der Waals surface area contributed by atoms with E-state index in [1.54, 1.807) is 35.2 Å². The zero-order chi connectivity index (χ0) is 19.2. The largest absolute Gasteiger partial charge is 0.435 e. The standard InChI is InChI=1S/C19H18F3N3OS/c1-12-7-5-6-10-24(12)17(26)15-11-14-16(19(20,21)22)23-25(18(14)27-15)13-8-3-2-4-9-13/h2-4,8-9,11-12H,5-7,10H2,1H3/t12-/m0/s1. The minimum absolute atomic E-state index is 0.0237. The highest BCUT2D eigenvalue weighted by atomic mass is 32.1. The predicted octanol–water partition coefficient (Wildman–Crippen LogP) is 5.12. The quantitative estimate of drug-likeness (QED) is 0.606. The molecule has 27 heavy (non-hydrogen) atoms. The number of nitrogens with zero attached hydrogens (tertiary/aromatic N) is 3. The van der Waals surface area contributed by atoms with E-state index in [0.29, 0.717) is 21.9 Å². The molecule has 4 rings (SSSR count). The zero-order valence-corrected chi connectivity index (χ0v) is 15.5. The van der Waals surface area contributed by atoms with Crippen molar-refractivity contribution < 1.29 is 18.0 Å². The van der Waals surface area contributed by atoms with Gasteiger partial charge in [-0.05, 0) is 44.4 Å². The Kier molecular flexibility index (Phi) is 4.46. The number of carbonyl (C=O) groups excluding carboxylic acids is 1. The van der Waals surface area contributed by atoms with Gasteiger partial charge in [-0.25, -0.2) is 4.68 Å². The van der Waals surface area contributed by atoms with Crippen molar-refractivity contribution in [3.8, 4) is 5.69 Å². The summed E-state index contributed by atoms with van der Waals surface area (Å²) in [5.41, 5.74) is -0.423. The van der Waals surface area contributed by atoms with E-state index in [9.17, 15) is 18.0 Å². The van der Waals surface area contributed by atoms with Crippen LogP contribution in [-0.4, -0.2) is 33.2 Å². The number of halogens is 3. The third kappa shape index (κ3) is 3.22. The Morgan fingerprint density at radius 2 is 1.96 bits per heavy atom. The van der Waals surface area contributed by atoms with E-state index in [1.165, 1.54) is 10.7 Å². The summed E-state index contributed by atoms with van der Waals surface area (Å²) in [4.78, 5) is 15.3. The topological polar surface area (TPSA) is 38.1 Å². The number of rotatable bonds is 2. The van der Waals surface area contributed by atoms with Crippen LogP contribution in [0.4, 0.5) is 13.2 Å². The lowest BCUT2D eigenvalue weighted by molar-refractivity contribution is -0.140. The molecular formula is C19H18F3N3OS. The first-order valence-electron chi connectivity index (χ1n) is 8.82. The molecule has 0 aliphatic carbocycles. The molecule has 3 heterocycles. The van der Waals surface area contributed by atoms with E-state index in [-0.39, 0.29) is 17.3 Å². The van der Waals surface area contributed by atoms with E-state index in [4.69, 9.17) is 0 Å². The number of likely N-dealkylation sites (tertiary alicyclic amines) is 1. The summed E-state index contributed by atoms with van der Waals surface area (Å²) in [5, 5.41) is 3.77. The van der Waals surface area contributed by atoms with Gasteiger partial charge in [0.05, 0.1) is 10.6 Å². The SMILES string of the molecule is C[C@H]1CCCCN1C(=O)c1cc2c(C(F)(F)F)nn(-c3ccccc3)c2s1. The van der Waals surface area contributed by atoms with Crippen molar-refractivity contribution in [2.24, 2.45) is 0 Å². The molecule has 8 heteroatoms. The van der Waals surface area contributed by atoms with Gasteiger partial charge in [0.2, 0.25) is 0 Å². The summed E-state index contributed by atoms with van der Waals surface area (Å²) in [6.45, 7) is 2.63. The Morgan fingerprint density at radius 1 is 1.22 bits per heavy atom. The number of fused-ring (bicyclic) bond motifs is 1. The first-order valence-corrected chi connectivity index (χ1v) is 9.64. The minimum Gasteiger partial charge on any atom is -0.335 e. The van der Waals surface area contributed by atoms with Crippen LogP contribution in [0.1, 0.15) is 41.6 Å². The fourth-order valence-corrected chi connectivity index (χ4v) is 4.60. The van der Waals surface area contributed by atoms with Crippen LogP contribution in [-0.2, 0) is 6.18 Å². The van der Waals surface area contributed by atoms with Crippen molar-refractivity contribution in [3.05, 3.63) is 47.0 Å². The van der Waals surface area contributed by atoms with Crippen molar-refractivity contribution in [1.29, 1.82) is 0 Å². The van der Waals surface area contributed by atoms with E-state index in [2.05, 4.69) is 5.10 Å². The van der Waals surface area contributed by atoms with Gasteiger partial charge in [-0.2, -0.15) is 18.3 Å². The van der Waals surface area contributed by atoms with E-state index in [0.717, 1.165) is 30.6 Å². The van der Waals surface area contributed by atoms with Gasteiger partial charge in [-0.15, -0.1) is 11.3 Å². The van der Waals surface area contributed by atoms with Crippen molar-refractivity contribution in [2.75, 3.05) is 6.54 Å². The lowest BCUT2D eigenvalue weighted by Gasteiger charge is -2.33. The molecule has 0 bridgehead atoms. The number of thiophene rings is 1. The molecule has 3 aromatic rings. The van der Waals surface area contributed by atoms with Crippen LogP contribution in [0.3, 0.4) is 0 Å². The number of carbonyl (C=O) groups is 1. The third-order valence-electron chi connectivity index (χ3n) is 4.90. The van der Waals surface area contributed by atoms with Crippen LogP contribution in [0.5, 0.6) is 0 Å². The second-order valence-electron chi connectivity index (χ2n) is 6.77. The number of piperidine rings is 1. The number of alkyl halides is 3. The summed E-state index contributed by atoms with van der Waals surface area (Å²) >= 11 is 1.07. The molecule has 1 aliphatic rings. The molecule has 0 spiro atoms. The van der Waals surface area contributed by atoms with Gasteiger partial charge in [0, 0.05) is 18.0 Å². The maximum absolute atomic E-state index is 13.5. The number of aromatic nitrogens is 2. The van der Waals surface area contributed by atoms with Crippen LogP contribution in [0.15, 0.2) is 36.4 Å². The smallest absolute Gasteiger partial charge is 0.335 e. The Bertz CT molecular complexity index is 977. The molecule has 1 aromatic carbocycles. The summed E-state index contributed by atoms with van der Waals surface area (Å²) in [7, 11) is 0. The normalized spacial score (nSPS) is 18.2. The van der Waals surface area contributed by atoms with Crippen molar-refractivity contribution in [3.63, 3.8) is 0 Å². The number of para-hydroxylation sites is 1. The van der Waals surface area contributed by atoms with Gasteiger partial charge < -0.3 is 4.90 Å². The van der Waals surface area contributed by atoms with Gasteiger partial charge >= 0.3 is 6.18 Å². The summed E-state index contributed by atoms with van der Waals surface area (Å²) < 4.78 is 41.8. The zero-order valence-electron chi connectivity index (χ0n) is 14.7. The predicted molar refractivity (Wildman–Crippen MR) is 98.3 cm³/mol. The Labute approximate surface area is 158 Å². The average molecular weight is 393 g/mol. The van der Waals surface area contributed by atoms with Gasteiger partial charge in [-0.1, -0.05) is 18.2 Å². The molecule has 1 fully saturated rings. The maximum Gasteiger partial charge on any atom is 0.435 e. The molecule has 1 amide bonds. The highest BCUT2D eigenvalue weighted by Crippen LogP contribution is 2.39. The Hall–Kier alpha value is -2.35. The fraction of sp³-hybridized carbons (Fsp3) is 0.368. The average Bonchev–Trinajstić information content (AvgIpc) is 3.21.